The van der Waals surface area contributed by atoms with Crippen LogP contribution in [0.4, 0.5) is 4.79 Å². The Morgan fingerprint density at radius 2 is 1.89 bits per heavy atom. The summed E-state index contributed by atoms with van der Waals surface area (Å²) in [6, 6.07) is 6.08. The Balaban J connectivity index is 1.60. The van der Waals surface area contributed by atoms with E-state index in [1.165, 1.54) is 0 Å². The zero-order valence-corrected chi connectivity index (χ0v) is 18.2. The van der Waals surface area contributed by atoms with E-state index in [1.807, 2.05) is 37.8 Å². The van der Waals surface area contributed by atoms with Crippen molar-refractivity contribution < 1.29 is 14.3 Å². The molecule has 3 rings (SSSR count). The molecule has 0 saturated carbocycles. The first-order chi connectivity index (χ1) is 12.7. The van der Waals surface area contributed by atoms with Gasteiger partial charge in [0.15, 0.2) is 0 Å². The maximum atomic E-state index is 13.0. The number of nitrogens with zero attached hydrogens (tertiary/aromatic N) is 2. The zero-order chi connectivity index (χ0) is 19.8. The van der Waals surface area contributed by atoms with E-state index in [1.54, 1.807) is 4.90 Å². The first kappa shape index (κ1) is 20.2. The fraction of sp³-hybridized carbons (Fsp3) is 0.619. The van der Waals surface area contributed by atoms with Gasteiger partial charge in [-0.15, -0.1) is 0 Å². The molecule has 0 aliphatic carbocycles. The van der Waals surface area contributed by atoms with Crippen molar-refractivity contribution in [2.75, 3.05) is 19.6 Å². The molecule has 2 amide bonds. The maximum absolute atomic E-state index is 13.0. The van der Waals surface area contributed by atoms with Crippen LogP contribution in [-0.4, -0.2) is 53.1 Å². The molecule has 5 nitrogen and oxygen atoms in total. The highest BCUT2D eigenvalue weighted by atomic mass is 79.9. The molecular weight excluding hydrogens is 408 g/mol. The van der Waals surface area contributed by atoms with E-state index < -0.39 is 5.60 Å². The highest BCUT2D eigenvalue weighted by Gasteiger charge is 2.35. The van der Waals surface area contributed by atoms with Gasteiger partial charge >= 0.3 is 6.09 Å². The van der Waals surface area contributed by atoms with Crippen molar-refractivity contribution in [1.29, 1.82) is 0 Å². The molecule has 0 aromatic heterocycles. The monoisotopic (exact) mass is 436 g/mol. The third-order valence-electron chi connectivity index (χ3n) is 5.55. The average molecular weight is 437 g/mol. The number of benzene rings is 1. The van der Waals surface area contributed by atoms with E-state index in [0.717, 1.165) is 41.4 Å². The molecule has 2 aliphatic heterocycles. The summed E-state index contributed by atoms with van der Waals surface area (Å²) >= 11 is 3.48. The Morgan fingerprint density at radius 1 is 1.22 bits per heavy atom. The third kappa shape index (κ3) is 4.65. The van der Waals surface area contributed by atoms with Crippen LogP contribution in [0.3, 0.4) is 0 Å². The van der Waals surface area contributed by atoms with Crippen molar-refractivity contribution >= 4 is 27.9 Å². The fourth-order valence-corrected chi connectivity index (χ4v) is 4.42. The second-order valence-electron chi connectivity index (χ2n) is 8.60. The standard InChI is InChI=1S/C21H29BrN2O3/c1-14(15-7-10-23(11-8-15)20(26)27-21(2,3)4)24-12-9-16-13-17(22)5-6-18(16)19(24)25/h5-6,13-15H,7-12H2,1-4H3. The van der Waals surface area contributed by atoms with Crippen LogP contribution in [0.15, 0.2) is 22.7 Å². The molecule has 2 aliphatic rings. The summed E-state index contributed by atoms with van der Waals surface area (Å²) in [6.07, 6.45) is 2.46. The number of hydrogen-bond acceptors (Lipinski definition) is 3. The molecule has 1 atom stereocenters. The lowest BCUT2D eigenvalue weighted by Crippen LogP contribution is -2.50. The molecule has 6 heteroatoms. The number of carbonyl (C=O) groups excluding carboxylic acids is 2. The van der Waals surface area contributed by atoms with Crippen LogP contribution in [0.25, 0.3) is 0 Å². The van der Waals surface area contributed by atoms with Gasteiger partial charge < -0.3 is 14.5 Å². The van der Waals surface area contributed by atoms with Crippen molar-refractivity contribution in [2.24, 2.45) is 5.92 Å². The molecule has 0 radical (unpaired) electrons. The van der Waals surface area contributed by atoms with Crippen LogP contribution >= 0.6 is 15.9 Å². The minimum atomic E-state index is -0.468. The quantitative estimate of drug-likeness (QED) is 0.686. The van der Waals surface area contributed by atoms with Crippen molar-refractivity contribution in [3.05, 3.63) is 33.8 Å². The second-order valence-corrected chi connectivity index (χ2v) is 9.51. The number of piperidine rings is 1. The van der Waals surface area contributed by atoms with Crippen molar-refractivity contribution in [2.45, 2.75) is 58.6 Å². The highest BCUT2D eigenvalue weighted by molar-refractivity contribution is 9.10. The smallest absolute Gasteiger partial charge is 0.410 e. The number of carbonyl (C=O) groups is 2. The molecule has 1 aromatic rings. The minimum absolute atomic E-state index is 0.130. The van der Waals surface area contributed by atoms with Crippen LogP contribution in [0.1, 0.15) is 56.5 Å². The number of fused-ring (bicyclic) bond motifs is 1. The summed E-state index contributed by atoms with van der Waals surface area (Å²) in [7, 11) is 0. The van der Waals surface area contributed by atoms with E-state index in [-0.39, 0.29) is 18.0 Å². The normalized spacial score (nSPS) is 19.7. The second kappa shape index (κ2) is 7.82. The van der Waals surface area contributed by atoms with E-state index in [9.17, 15) is 9.59 Å². The van der Waals surface area contributed by atoms with E-state index in [4.69, 9.17) is 4.74 Å². The summed E-state index contributed by atoms with van der Waals surface area (Å²) in [5.41, 5.74) is 1.48. The van der Waals surface area contributed by atoms with Crippen molar-refractivity contribution in [3.63, 3.8) is 0 Å². The Bertz CT molecular complexity index is 721. The lowest BCUT2D eigenvalue weighted by Gasteiger charge is -2.41. The first-order valence-electron chi connectivity index (χ1n) is 9.73. The van der Waals surface area contributed by atoms with E-state index >= 15 is 0 Å². The van der Waals surface area contributed by atoms with Crippen molar-refractivity contribution in [3.8, 4) is 0 Å². The fourth-order valence-electron chi connectivity index (χ4n) is 4.01. The minimum Gasteiger partial charge on any atom is -0.444 e. The van der Waals surface area contributed by atoms with Gasteiger partial charge in [0.2, 0.25) is 0 Å². The van der Waals surface area contributed by atoms with Crippen LogP contribution in [0.5, 0.6) is 0 Å². The van der Waals surface area contributed by atoms with Gasteiger partial charge in [-0.1, -0.05) is 15.9 Å². The number of halogens is 1. The Labute approximate surface area is 170 Å². The number of rotatable bonds is 2. The molecule has 0 N–H and O–H groups in total. The summed E-state index contributed by atoms with van der Waals surface area (Å²) in [5, 5.41) is 0. The van der Waals surface area contributed by atoms with E-state index in [2.05, 4.69) is 28.9 Å². The van der Waals surface area contributed by atoms with Gasteiger partial charge in [0, 0.05) is 35.7 Å². The van der Waals surface area contributed by atoms with Gasteiger partial charge in [-0.25, -0.2) is 4.79 Å². The number of ether oxygens (including phenoxy) is 1. The molecule has 1 unspecified atom stereocenters. The molecule has 0 spiro atoms. The first-order valence-corrected chi connectivity index (χ1v) is 10.5. The predicted octanol–water partition coefficient (Wildman–Crippen LogP) is 4.48. The predicted molar refractivity (Wildman–Crippen MR) is 109 cm³/mol. The topological polar surface area (TPSA) is 49.9 Å². The van der Waals surface area contributed by atoms with Crippen LogP contribution in [0.2, 0.25) is 0 Å². The van der Waals surface area contributed by atoms with Crippen molar-refractivity contribution in [1.82, 2.24) is 9.80 Å². The molecule has 0 bridgehead atoms. The molecular formula is C21H29BrN2O3. The van der Waals surface area contributed by atoms with Crippen LogP contribution in [-0.2, 0) is 11.2 Å². The lowest BCUT2D eigenvalue weighted by atomic mass is 9.87. The highest BCUT2D eigenvalue weighted by Crippen LogP contribution is 2.30. The summed E-state index contributed by atoms with van der Waals surface area (Å²) in [5.74, 6) is 0.537. The van der Waals surface area contributed by atoms with Crippen LogP contribution in [0, 0.1) is 5.92 Å². The Hall–Kier alpha value is -1.56. The van der Waals surface area contributed by atoms with E-state index in [0.29, 0.717) is 19.0 Å². The molecule has 27 heavy (non-hydrogen) atoms. The summed E-state index contributed by atoms with van der Waals surface area (Å²) in [6.45, 7) is 9.95. The largest absolute Gasteiger partial charge is 0.444 e. The number of likely N-dealkylation sites (tertiary alicyclic amines) is 1. The lowest BCUT2D eigenvalue weighted by molar-refractivity contribution is 0.0130. The molecule has 2 heterocycles. The van der Waals surface area contributed by atoms with Crippen LogP contribution < -0.4 is 0 Å². The third-order valence-corrected chi connectivity index (χ3v) is 6.04. The number of hydrogen-bond donors (Lipinski definition) is 0. The van der Waals surface area contributed by atoms with Gasteiger partial charge in [-0.2, -0.15) is 0 Å². The summed E-state index contributed by atoms with van der Waals surface area (Å²) < 4.78 is 6.49. The van der Waals surface area contributed by atoms with Gasteiger partial charge in [0.05, 0.1) is 0 Å². The molecule has 1 fully saturated rings. The number of amides is 2. The van der Waals surface area contributed by atoms with Gasteiger partial charge in [0.25, 0.3) is 5.91 Å². The molecule has 1 saturated heterocycles. The van der Waals surface area contributed by atoms with Gasteiger partial charge in [-0.3, -0.25) is 4.79 Å². The summed E-state index contributed by atoms with van der Waals surface area (Å²) in [4.78, 5) is 29.0. The maximum Gasteiger partial charge on any atom is 0.410 e. The Kier molecular flexibility index (Phi) is 5.84. The zero-order valence-electron chi connectivity index (χ0n) is 16.6. The van der Waals surface area contributed by atoms with Gasteiger partial charge in [0.1, 0.15) is 5.60 Å². The molecule has 1 aromatic carbocycles. The molecule has 148 valence electrons. The Morgan fingerprint density at radius 3 is 2.52 bits per heavy atom. The SMILES string of the molecule is CC(C1CCN(C(=O)OC(C)(C)C)CC1)N1CCc2cc(Br)ccc2C1=O. The van der Waals surface area contributed by atoms with Gasteiger partial charge in [-0.05, 0) is 76.6 Å². The average Bonchev–Trinajstić information content (AvgIpc) is 2.60.